The third kappa shape index (κ3) is 4.06. The molecule has 1 aromatic carbocycles. The highest BCUT2D eigenvalue weighted by Gasteiger charge is 2.36. The molecule has 0 unspecified atom stereocenters. The summed E-state index contributed by atoms with van der Waals surface area (Å²) in [6, 6.07) is 7.01. The van der Waals surface area contributed by atoms with Gasteiger partial charge >= 0.3 is 6.18 Å². The quantitative estimate of drug-likeness (QED) is 0.439. The highest BCUT2D eigenvalue weighted by atomic mass is 35.5. The van der Waals surface area contributed by atoms with Gasteiger partial charge in [0.25, 0.3) is 11.7 Å². The maximum absolute atomic E-state index is 13.7. The molecule has 0 saturated carbocycles. The summed E-state index contributed by atoms with van der Waals surface area (Å²) in [6.07, 6.45) is -4.75. The van der Waals surface area contributed by atoms with Gasteiger partial charge < -0.3 is 14.8 Å². The van der Waals surface area contributed by atoms with Gasteiger partial charge in [-0.2, -0.15) is 22.7 Å². The summed E-state index contributed by atoms with van der Waals surface area (Å²) in [6.45, 7) is 0. The molecule has 0 atom stereocenters. The number of hydrogen-bond acceptors (Lipinski definition) is 7. The molecule has 4 rings (SSSR count). The minimum Gasteiger partial charge on any atom is -0.495 e. The SMILES string of the molecule is COc1cc(NC(=O)c2nc3nc(-c4cccs4)cc(C(F)(F)F)n3n2)c(OC)cc1Cl. The largest absolute Gasteiger partial charge is 0.495 e. The van der Waals surface area contributed by atoms with E-state index in [1.807, 2.05) is 0 Å². The number of rotatable bonds is 5. The van der Waals surface area contributed by atoms with Crippen molar-refractivity contribution in [2.24, 2.45) is 0 Å². The third-order valence-electron chi connectivity index (χ3n) is 4.30. The van der Waals surface area contributed by atoms with E-state index in [-0.39, 0.29) is 33.7 Å². The lowest BCUT2D eigenvalue weighted by molar-refractivity contribution is -0.142. The molecule has 0 bridgehead atoms. The molecule has 0 aliphatic rings. The third-order valence-corrected chi connectivity index (χ3v) is 5.49. The predicted octanol–water partition coefficient (Wildman–Crippen LogP) is 4.79. The summed E-state index contributed by atoms with van der Waals surface area (Å²) in [5.74, 6) is -1.28. The Kier molecular flexibility index (Phi) is 5.65. The van der Waals surface area contributed by atoms with E-state index in [2.05, 4.69) is 20.4 Å². The fourth-order valence-corrected chi connectivity index (χ4v) is 3.77. The van der Waals surface area contributed by atoms with Crippen molar-refractivity contribution in [1.82, 2.24) is 19.6 Å². The number of aromatic nitrogens is 4. The Morgan fingerprint density at radius 1 is 1.16 bits per heavy atom. The molecule has 3 aromatic heterocycles. The smallest absolute Gasteiger partial charge is 0.433 e. The average Bonchev–Trinajstić information content (AvgIpc) is 3.42. The molecule has 0 aliphatic carbocycles. The summed E-state index contributed by atoms with van der Waals surface area (Å²) >= 11 is 7.27. The van der Waals surface area contributed by atoms with Crippen molar-refractivity contribution in [3.63, 3.8) is 0 Å². The Labute approximate surface area is 187 Å². The first-order valence-corrected chi connectivity index (χ1v) is 10.1. The van der Waals surface area contributed by atoms with Gasteiger partial charge in [0.15, 0.2) is 5.69 Å². The fraction of sp³-hybridized carbons (Fsp3) is 0.158. The van der Waals surface area contributed by atoms with Gasteiger partial charge in [0.05, 0.1) is 35.5 Å². The number of benzene rings is 1. The van der Waals surface area contributed by atoms with Crippen molar-refractivity contribution in [3.8, 4) is 22.1 Å². The fourth-order valence-electron chi connectivity index (χ4n) is 2.85. The van der Waals surface area contributed by atoms with Crippen LogP contribution in [0.15, 0.2) is 35.7 Å². The zero-order valence-corrected chi connectivity index (χ0v) is 18.0. The molecule has 0 fully saturated rings. The number of thiophene rings is 1. The molecule has 0 spiro atoms. The van der Waals surface area contributed by atoms with Crippen molar-refractivity contribution in [1.29, 1.82) is 0 Å². The van der Waals surface area contributed by atoms with Crippen molar-refractivity contribution in [3.05, 3.63) is 52.3 Å². The van der Waals surface area contributed by atoms with Crippen LogP contribution >= 0.6 is 22.9 Å². The van der Waals surface area contributed by atoms with E-state index < -0.39 is 23.6 Å². The molecule has 3 heterocycles. The minimum absolute atomic E-state index is 0.0725. The zero-order chi connectivity index (χ0) is 23.0. The van der Waals surface area contributed by atoms with Gasteiger partial charge in [0.1, 0.15) is 11.5 Å². The summed E-state index contributed by atoms with van der Waals surface area (Å²) in [7, 11) is 2.75. The molecular weight excluding hydrogens is 471 g/mol. The summed E-state index contributed by atoms with van der Waals surface area (Å²) < 4.78 is 51.8. The molecule has 32 heavy (non-hydrogen) atoms. The van der Waals surface area contributed by atoms with Crippen molar-refractivity contribution < 1.29 is 27.4 Å². The van der Waals surface area contributed by atoms with Crippen LogP contribution in [-0.2, 0) is 6.18 Å². The average molecular weight is 484 g/mol. The van der Waals surface area contributed by atoms with Crippen LogP contribution < -0.4 is 14.8 Å². The van der Waals surface area contributed by atoms with Gasteiger partial charge in [-0.25, -0.2) is 4.98 Å². The number of nitrogens with one attached hydrogen (secondary N) is 1. The number of amides is 1. The molecule has 0 radical (unpaired) electrons. The zero-order valence-electron chi connectivity index (χ0n) is 16.4. The second kappa shape index (κ2) is 8.28. The number of halogens is 4. The molecule has 1 amide bonds. The predicted molar refractivity (Wildman–Crippen MR) is 112 cm³/mol. The number of carbonyl (C=O) groups excluding carboxylic acids is 1. The number of nitrogens with zero attached hydrogens (tertiary/aromatic N) is 4. The molecule has 13 heteroatoms. The number of fused-ring (bicyclic) bond motifs is 1. The summed E-state index contributed by atoms with van der Waals surface area (Å²) in [5, 5.41) is 8.18. The van der Waals surface area contributed by atoms with Crippen LogP contribution in [0.3, 0.4) is 0 Å². The van der Waals surface area contributed by atoms with Crippen LogP contribution in [0, 0.1) is 0 Å². The highest BCUT2D eigenvalue weighted by Crippen LogP contribution is 2.36. The molecular formula is C19H13ClF3N5O3S. The topological polar surface area (TPSA) is 90.6 Å². The number of methoxy groups -OCH3 is 2. The van der Waals surface area contributed by atoms with Crippen LogP contribution in [0.25, 0.3) is 16.3 Å². The normalized spacial score (nSPS) is 11.6. The van der Waals surface area contributed by atoms with Crippen LogP contribution in [0.4, 0.5) is 18.9 Å². The first-order chi connectivity index (χ1) is 15.2. The number of hydrogen-bond donors (Lipinski definition) is 1. The summed E-state index contributed by atoms with van der Waals surface area (Å²) in [5.41, 5.74) is -0.868. The first kappa shape index (κ1) is 21.8. The van der Waals surface area contributed by atoms with Crippen LogP contribution in [-0.4, -0.2) is 39.7 Å². The molecule has 8 nitrogen and oxygen atoms in total. The Bertz CT molecular complexity index is 1310. The Hall–Kier alpha value is -3.38. The first-order valence-electron chi connectivity index (χ1n) is 8.83. The van der Waals surface area contributed by atoms with Crippen LogP contribution in [0.1, 0.15) is 16.3 Å². The monoisotopic (exact) mass is 483 g/mol. The van der Waals surface area contributed by atoms with E-state index in [0.717, 1.165) is 6.07 Å². The second-order valence-electron chi connectivity index (χ2n) is 6.29. The van der Waals surface area contributed by atoms with Gasteiger partial charge in [-0.3, -0.25) is 4.79 Å². The minimum atomic E-state index is -4.75. The number of carbonyl (C=O) groups is 1. The van der Waals surface area contributed by atoms with Crippen molar-refractivity contribution >= 4 is 40.3 Å². The maximum atomic E-state index is 13.7. The van der Waals surface area contributed by atoms with E-state index in [4.69, 9.17) is 21.1 Å². The van der Waals surface area contributed by atoms with Gasteiger partial charge in [-0.15, -0.1) is 16.4 Å². The lowest BCUT2D eigenvalue weighted by Crippen LogP contribution is -2.16. The van der Waals surface area contributed by atoms with Gasteiger partial charge in [-0.05, 0) is 17.5 Å². The standard InChI is InChI=1S/C19H13ClF3N5O3S/c1-30-12-7-10(13(31-2)6-9(12)20)24-17(29)16-26-18-25-11(14-4-3-5-32-14)8-15(19(21,22)23)28(18)27-16/h3-8H,1-2H3,(H,24,29). The lowest BCUT2D eigenvalue weighted by Gasteiger charge is -2.12. The number of alkyl halides is 3. The highest BCUT2D eigenvalue weighted by molar-refractivity contribution is 7.13. The van der Waals surface area contributed by atoms with Gasteiger partial charge in [0.2, 0.25) is 5.82 Å². The van der Waals surface area contributed by atoms with Crippen LogP contribution in [0.2, 0.25) is 5.02 Å². The van der Waals surface area contributed by atoms with Gasteiger partial charge in [0, 0.05) is 12.1 Å². The van der Waals surface area contributed by atoms with Gasteiger partial charge in [-0.1, -0.05) is 17.7 Å². The molecule has 0 aliphatic heterocycles. The Morgan fingerprint density at radius 2 is 1.91 bits per heavy atom. The van der Waals surface area contributed by atoms with E-state index in [1.165, 1.54) is 37.7 Å². The van der Waals surface area contributed by atoms with E-state index >= 15 is 0 Å². The van der Waals surface area contributed by atoms with E-state index in [1.54, 1.807) is 17.5 Å². The number of anilines is 1. The second-order valence-corrected chi connectivity index (χ2v) is 7.64. The van der Waals surface area contributed by atoms with Crippen molar-refractivity contribution in [2.45, 2.75) is 6.18 Å². The van der Waals surface area contributed by atoms with Crippen LogP contribution in [0.5, 0.6) is 11.5 Å². The maximum Gasteiger partial charge on any atom is 0.433 e. The lowest BCUT2D eigenvalue weighted by atomic mass is 10.2. The number of ether oxygens (including phenoxy) is 2. The summed E-state index contributed by atoms with van der Waals surface area (Å²) in [4.78, 5) is 21.3. The Balaban J connectivity index is 1.76. The molecule has 4 aromatic rings. The Morgan fingerprint density at radius 3 is 2.53 bits per heavy atom. The van der Waals surface area contributed by atoms with E-state index in [0.29, 0.717) is 9.39 Å². The molecule has 166 valence electrons. The van der Waals surface area contributed by atoms with Crippen molar-refractivity contribution in [2.75, 3.05) is 19.5 Å². The molecule has 1 N–H and O–H groups in total. The molecule has 0 saturated heterocycles. The van der Waals surface area contributed by atoms with E-state index in [9.17, 15) is 18.0 Å².